The Morgan fingerprint density at radius 2 is 1.85 bits per heavy atom. The topological polar surface area (TPSA) is 128 Å². The van der Waals surface area contributed by atoms with Gasteiger partial charge in [-0.25, -0.2) is 0 Å². The van der Waals surface area contributed by atoms with Gasteiger partial charge < -0.3 is 14.4 Å². The Bertz CT molecular complexity index is 1640. The van der Waals surface area contributed by atoms with Gasteiger partial charge in [0, 0.05) is 24.6 Å². The number of ether oxygens (including phenoxy) is 2. The van der Waals surface area contributed by atoms with Crippen LogP contribution in [0.5, 0.6) is 5.75 Å². The van der Waals surface area contributed by atoms with E-state index in [1.807, 2.05) is 11.0 Å². The molecule has 1 aromatic heterocycles. The minimum atomic E-state index is -0.852. The molecule has 10 nitrogen and oxygen atoms in total. The molecule has 1 saturated heterocycles. The quantitative estimate of drug-likeness (QED) is 0.340. The number of nitro groups is 1. The number of methoxy groups -OCH3 is 1. The highest BCUT2D eigenvalue weighted by molar-refractivity contribution is 7.07. The lowest BCUT2D eigenvalue weighted by Gasteiger charge is -2.28. The molecule has 0 saturated carbocycles. The largest absolute Gasteiger partial charge is 0.497 e. The number of nitrogens with zero attached hydrogens (tertiary/aromatic N) is 4. The smallest absolute Gasteiger partial charge is 0.293 e. The van der Waals surface area contributed by atoms with Crippen LogP contribution in [0.15, 0.2) is 47.3 Å². The maximum atomic E-state index is 13.7. The molecule has 11 heteroatoms. The van der Waals surface area contributed by atoms with Crippen molar-refractivity contribution < 1.29 is 19.2 Å². The van der Waals surface area contributed by atoms with Crippen molar-refractivity contribution in [2.24, 2.45) is 5.41 Å². The summed E-state index contributed by atoms with van der Waals surface area (Å²) < 4.78 is 12.3. The van der Waals surface area contributed by atoms with Crippen molar-refractivity contribution in [1.29, 1.82) is 5.26 Å². The SMILES string of the molecule is COc1ccc(-n2c(=O)/c(=C\c3ccc(N4CCOCC4)c([N+](=O)[O-])c3)s/c2=C(/C#N)C(=O)C(C)(C)C)cc1. The van der Waals surface area contributed by atoms with E-state index in [-0.39, 0.29) is 20.5 Å². The minimum absolute atomic E-state index is 0.0786. The van der Waals surface area contributed by atoms with Crippen LogP contribution in [-0.2, 0) is 9.53 Å². The normalized spacial score (nSPS) is 15.1. The van der Waals surface area contributed by atoms with Crippen LogP contribution in [0.2, 0.25) is 0 Å². The highest BCUT2D eigenvalue weighted by Crippen LogP contribution is 2.30. The third-order valence-corrected chi connectivity index (χ3v) is 7.33. The summed E-state index contributed by atoms with van der Waals surface area (Å²) in [4.78, 5) is 40.2. The van der Waals surface area contributed by atoms with Crippen molar-refractivity contribution in [1.82, 2.24) is 4.57 Å². The Morgan fingerprint density at radius 1 is 1.18 bits per heavy atom. The van der Waals surface area contributed by atoms with Crippen LogP contribution in [0.4, 0.5) is 11.4 Å². The van der Waals surface area contributed by atoms with E-state index in [1.165, 1.54) is 17.7 Å². The van der Waals surface area contributed by atoms with Gasteiger partial charge in [-0.1, -0.05) is 26.8 Å². The molecule has 2 heterocycles. The number of carbonyl (C=O) groups is 1. The number of hydrogen-bond donors (Lipinski definition) is 0. The van der Waals surface area contributed by atoms with E-state index >= 15 is 0 Å². The summed E-state index contributed by atoms with van der Waals surface area (Å²) in [5, 5.41) is 21.9. The lowest BCUT2D eigenvalue weighted by Crippen LogP contribution is -2.36. The number of ketones is 1. The fourth-order valence-corrected chi connectivity index (χ4v) is 5.29. The van der Waals surface area contributed by atoms with Crippen LogP contribution >= 0.6 is 11.3 Å². The molecule has 0 unspecified atom stereocenters. The Balaban J connectivity index is 1.96. The molecule has 2 aromatic carbocycles. The van der Waals surface area contributed by atoms with Gasteiger partial charge in [-0.2, -0.15) is 5.26 Å². The molecule has 1 fully saturated rings. The fourth-order valence-electron chi connectivity index (χ4n) is 4.19. The van der Waals surface area contributed by atoms with E-state index < -0.39 is 21.7 Å². The zero-order chi connectivity index (χ0) is 28.3. The second-order valence-electron chi connectivity index (χ2n) is 9.93. The van der Waals surface area contributed by atoms with Crippen LogP contribution in [0.25, 0.3) is 17.3 Å². The third kappa shape index (κ3) is 5.77. The molecule has 0 radical (unpaired) electrons. The maximum absolute atomic E-state index is 13.7. The summed E-state index contributed by atoms with van der Waals surface area (Å²) in [6, 6.07) is 13.5. The average molecular weight is 549 g/mol. The maximum Gasteiger partial charge on any atom is 0.293 e. The number of aromatic nitrogens is 1. The van der Waals surface area contributed by atoms with Crippen molar-refractivity contribution in [3.63, 3.8) is 0 Å². The molecule has 0 amide bonds. The number of rotatable bonds is 6. The fraction of sp³-hybridized carbons (Fsp3) is 0.321. The molecule has 0 atom stereocenters. The van der Waals surface area contributed by atoms with E-state index in [0.29, 0.717) is 49.0 Å². The summed E-state index contributed by atoms with van der Waals surface area (Å²) in [6.07, 6.45) is 1.54. The van der Waals surface area contributed by atoms with Gasteiger partial charge in [0.2, 0.25) is 0 Å². The van der Waals surface area contributed by atoms with Gasteiger partial charge in [0.25, 0.3) is 11.2 Å². The van der Waals surface area contributed by atoms with Crippen molar-refractivity contribution >= 4 is 40.1 Å². The van der Waals surface area contributed by atoms with E-state index in [4.69, 9.17) is 9.47 Å². The van der Waals surface area contributed by atoms with Gasteiger partial charge in [-0.3, -0.25) is 24.3 Å². The van der Waals surface area contributed by atoms with E-state index in [9.17, 15) is 25.0 Å². The number of thiazole rings is 1. The molecule has 4 rings (SSSR count). The first-order chi connectivity index (χ1) is 18.5. The summed E-state index contributed by atoms with van der Waals surface area (Å²) in [6.45, 7) is 7.17. The van der Waals surface area contributed by atoms with Gasteiger partial charge in [0.15, 0.2) is 5.78 Å². The number of nitriles is 1. The first kappa shape index (κ1) is 27.8. The number of morpholine rings is 1. The van der Waals surface area contributed by atoms with Crippen molar-refractivity contribution in [2.75, 3.05) is 38.3 Å². The molecule has 3 aromatic rings. The molecule has 0 bridgehead atoms. The van der Waals surface area contributed by atoms with Crippen molar-refractivity contribution in [2.45, 2.75) is 20.8 Å². The molecule has 0 N–H and O–H groups in total. The third-order valence-electron chi connectivity index (χ3n) is 6.23. The first-order valence-electron chi connectivity index (χ1n) is 12.2. The second-order valence-corrected chi connectivity index (χ2v) is 11.0. The second kappa shape index (κ2) is 11.2. The number of benzene rings is 2. The molecular formula is C28H28N4O6S. The molecular weight excluding hydrogens is 520 g/mol. The summed E-state index contributed by atoms with van der Waals surface area (Å²) >= 11 is 0.996. The highest BCUT2D eigenvalue weighted by Gasteiger charge is 2.28. The lowest BCUT2D eigenvalue weighted by molar-refractivity contribution is -0.384. The lowest BCUT2D eigenvalue weighted by atomic mass is 9.87. The number of anilines is 1. The van der Waals surface area contributed by atoms with Gasteiger partial charge in [-0.15, -0.1) is 11.3 Å². The summed E-state index contributed by atoms with van der Waals surface area (Å²) in [7, 11) is 1.53. The van der Waals surface area contributed by atoms with Crippen LogP contribution < -0.4 is 24.4 Å². The number of Topliss-reactive ketones (excluding diaryl/α,β-unsaturated/α-hetero) is 1. The first-order valence-corrected chi connectivity index (χ1v) is 13.0. The Labute approximate surface area is 228 Å². The van der Waals surface area contributed by atoms with Gasteiger partial charge >= 0.3 is 0 Å². The number of carbonyl (C=O) groups excluding carboxylic acids is 1. The number of hydrogen-bond acceptors (Lipinski definition) is 9. The highest BCUT2D eigenvalue weighted by atomic mass is 32.1. The predicted molar refractivity (Wildman–Crippen MR) is 149 cm³/mol. The molecule has 202 valence electrons. The van der Waals surface area contributed by atoms with Crippen LogP contribution in [0, 0.1) is 26.9 Å². The van der Waals surface area contributed by atoms with Gasteiger partial charge in [-0.05, 0) is 42.0 Å². The van der Waals surface area contributed by atoms with Crippen LogP contribution in [-0.4, -0.2) is 48.7 Å². The van der Waals surface area contributed by atoms with E-state index in [0.717, 1.165) is 11.3 Å². The molecule has 39 heavy (non-hydrogen) atoms. The molecule has 0 spiro atoms. The standard InChI is InChI=1S/C28H28N4O6S/c1-28(2,3)25(33)21(17-29)27-31(19-6-8-20(37-4)9-7-19)26(34)24(39-27)16-18-5-10-22(23(15-18)32(35)36)30-11-13-38-14-12-30/h5-10,15-16H,11-14H2,1-4H3/b24-16+,27-21-. The Kier molecular flexibility index (Phi) is 7.99. The van der Waals surface area contributed by atoms with Crippen molar-refractivity contribution in [3.8, 4) is 17.5 Å². The summed E-state index contributed by atoms with van der Waals surface area (Å²) in [5.41, 5.74) is -0.122. The van der Waals surface area contributed by atoms with Crippen LogP contribution in [0.3, 0.4) is 0 Å². The van der Waals surface area contributed by atoms with Gasteiger partial charge in [0.05, 0.1) is 35.5 Å². The monoisotopic (exact) mass is 548 g/mol. The zero-order valence-corrected chi connectivity index (χ0v) is 22.9. The Morgan fingerprint density at radius 3 is 2.41 bits per heavy atom. The number of nitro benzene ring substituents is 1. The Hall–Kier alpha value is -4.27. The van der Waals surface area contributed by atoms with Gasteiger partial charge in [0.1, 0.15) is 27.7 Å². The predicted octanol–water partition coefficient (Wildman–Crippen LogP) is 2.77. The van der Waals surface area contributed by atoms with Crippen molar-refractivity contribution in [3.05, 3.63) is 77.7 Å². The average Bonchev–Trinajstić information content (AvgIpc) is 3.24. The zero-order valence-electron chi connectivity index (χ0n) is 22.1. The van der Waals surface area contributed by atoms with Crippen LogP contribution in [0.1, 0.15) is 26.3 Å². The molecule has 1 aliphatic rings. The van der Waals surface area contributed by atoms with E-state index in [2.05, 4.69) is 0 Å². The molecule has 1 aliphatic heterocycles. The molecule has 0 aliphatic carbocycles. The summed E-state index contributed by atoms with van der Waals surface area (Å²) in [5.74, 6) is 0.184. The minimum Gasteiger partial charge on any atom is -0.497 e. The van der Waals surface area contributed by atoms with E-state index in [1.54, 1.807) is 63.2 Å².